The zero-order valence-corrected chi connectivity index (χ0v) is 54.2. The van der Waals surface area contributed by atoms with Crippen LogP contribution in [0.15, 0.2) is 337 Å². The molecular formula is C78H68BBr2IN2O2. The molecule has 1 fully saturated rings. The molecule has 0 atom stereocenters. The van der Waals surface area contributed by atoms with Gasteiger partial charge in [-0.05, 0) is 157 Å². The summed E-state index contributed by atoms with van der Waals surface area (Å²) in [5.41, 5.74) is 16.0. The zero-order valence-electron chi connectivity index (χ0n) is 48.7. The van der Waals surface area contributed by atoms with Gasteiger partial charge in [-0.2, -0.15) is 0 Å². The molecule has 4 nitrogen and oxygen atoms in total. The number of aromatic nitrogens is 1. The normalized spacial score (nSPS) is 12.5. The van der Waals surface area contributed by atoms with Crippen LogP contribution in [-0.4, -0.2) is 22.9 Å². The summed E-state index contributed by atoms with van der Waals surface area (Å²) in [5.74, 6) is 0. The first kappa shape index (κ1) is 62.4. The van der Waals surface area contributed by atoms with E-state index in [4.69, 9.17) is 9.31 Å². The fourth-order valence-electron chi connectivity index (χ4n) is 9.80. The molecule has 0 unspecified atom stereocenters. The highest BCUT2D eigenvalue weighted by atomic mass is 127. The number of fused-ring (bicyclic) bond motifs is 3. The predicted molar refractivity (Wildman–Crippen MR) is 385 cm³/mol. The van der Waals surface area contributed by atoms with Gasteiger partial charge < -0.3 is 19.2 Å². The summed E-state index contributed by atoms with van der Waals surface area (Å²) >= 11 is 6.94. The molecule has 1 N–H and O–H groups in total. The number of hydrogen-bond donors (Lipinski definition) is 1. The smallest absolute Gasteiger partial charge is 0.399 e. The molecule has 2 heterocycles. The molecule has 0 bridgehead atoms. The number of hydrogen-bond acceptors (Lipinski definition) is 3. The summed E-state index contributed by atoms with van der Waals surface area (Å²) in [6.45, 7) is 8.27. The van der Waals surface area contributed by atoms with Gasteiger partial charge in [0.2, 0.25) is 0 Å². The molecule has 13 aromatic rings. The molecule has 0 radical (unpaired) electrons. The molecule has 0 amide bonds. The Hall–Kier alpha value is -8.09. The number of nitrogens with zero attached hydrogens (tertiary/aromatic N) is 1. The van der Waals surface area contributed by atoms with Gasteiger partial charge in [-0.3, -0.25) is 0 Å². The molecule has 0 aliphatic carbocycles. The van der Waals surface area contributed by atoms with E-state index in [9.17, 15) is 0 Å². The van der Waals surface area contributed by atoms with Gasteiger partial charge in [0.05, 0.1) is 22.2 Å². The van der Waals surface area contributed by atoms with Crippen LogP contribution in [0.1, 0.15) is 27.7 Å². The van der Waals surface area contributed by atoms with Gasteiger partial charge >= 0.3 is 7.12 Å². The molecule has 8 heteroatoms. The van der Waals surface area contributed by atoms with Crippen LogP contribution in [0, 0.1) is 0 Å². The summed E-state index contributed by atoms with van der Waals surface area (Å²) in [7, 11) is -0.309. The van der Waals surface area contributed by atoms with Crippen molar-refractivity contribution in [1.29, 1.82) is 0 Å². The van der Waals surface area contributed by atoms with Crippen LogP contribution in [0.2, 0.25) is 0 Å². The van der Waals surface area contributed by atoms with Crippen LogP contribution < -0.4 is 10.8 Å². The van der Waals surface area contributed by atoms with E-state index >= 15 is 0 Å². The third-order valence-electron chi connectivity index (χ3n) is 15.1. The highest BCUT2D eigenvalue weighted by Crippen LogP contribution is 2.38. The number of benzene rings is 12. The van der Waals surface area contributed by atoms with E-state index in [1.54, 1.807) is 0 Å². The van der Waals surface area contributed by atoms with E-state index < -0.39 is 0 Å². The lowest BCUT2D eigenvalue weighted by atomic mass is 9.79. The van der Waals surface area contributed by atoms with E-state index in [0.29, 0.717) is 0 Å². The van der Waals surface area contributed by atoms with Crippen molar-refractivity contribution >= 4 is 102 Å². The van der Waals surface area contributed by atoms with Crippen LogP contribution in [-0.2, 0) is 9.31 Å². The van der Waals surface area contributed by atoms with Gasteiger partial charge in [-0.25, -0.2) is 0 Å². The number of rotatable bonds is 8. The quantitative estimate of drug-likeness (QED) is 0.122. The maximum absolute atomic E-state index is 6.07. The van der Waals surface area contributed by atoms with Crippen molar-refractivity contribution in [2.45, 2.75) is 38.9 Å². The van der Waals surface area contributed by atoms with E-state index in [2.05, 4.69) is 264 Å². The van der Waals surface area contributed by atoms with E-state index in [0.717, 1.165) is 25.8 Å². The maximum atomic E-state index is 6.07. The molecule has 0 saturated carbocycles. The summed E-state index contributed by atoms with van der Waals surface area (Å²) in [6, 6.07) is 113. The van der Waals surface area contributed by atoms with Crippen molar-refractivity contribution in [2.24, 2.45) is 0 Å². The Bertz CT molecular complexity index is 4020. The highest BCUT2D eigenvalue weighted by molar-refractivity contribution is 14.0. The van der Waals surface area contributed by atoms with Crippen LogP contribution in [0.5, 0.6) is 0 Å². The first-order valence-electron chi connectivity index (χ1n) is 28.6. The fraction of sp³-hybridized carbons (Fsp3) is 0.0769. The largest absolute Gasteiger partial charge is 0.494 e. The van der Waals surface area contributed by atoms with Crippen molar-refractivity contribution in [3.05, 3.63) is 337 Å². The van der Waals surface area contributed by atoms with Gasteiger partial charge in [0.25, 0.3) is 0 Å². The van der Waals surface area contributed by atoms with Crippen molar-refractivity contribution in [1.82, 2.24) is 4.57 Å². The number of nitrogens with one attached hydrogen (secondary N) is 1. The molecular weight excluding hydrogens is 1290 g/mol. The fourth-order valence-corrected chi connectivity index (χ4v) is 10.3. The van der Waals surface area contributed by atoms with Crippen molar-refractivity contribution in [3.63, 3.8) is 0 Å². The van der Waals surface area contributed by atoms with Gasteiger partial charge in [0.1, 0.15) is 0 Å². The molecule has 426 valence electrons. The first-order valence-corrected chi connectivity index (χ1v) is 30.2. The molecule has 14 rings (SSSR count). The van der Waals surface area contributed by atoms with Crippen LogP contribution in [0.3, 0.4) is 0 Å². The SMILES string of the molecule is Brc1ccc(-c2ccc(-c3ccc4c(c3)c3ccccc3n4-c3ccc(-c4ccccc4)cc3)cc2)cc1.Brc1ccc(-c2ccccc2)cc1.CC1(C)OB(c2ccc(Nc3ccccc3)cc2)OC1(C)C.I.c1ccccc1.c1ccccc1. The Morgan fingerprint density at radius 1 is 0.314 bits per heavy atom. The second-order valence-corrected chi connectivity index (χ2v) is 23.3. The molecule has 86 heavy (non-hydrogen) atoms. The Morgan fingerprint density at radius 3 is 1.07 bits per heavy atom. The minimum absolute atomic E-state index is 0. The van der Waals surface area contributed by atoms with Crippen molar-refractivity contribution < 1.29 is 9.31 Å². The van der Waals surface area contributed by atoms with Crippen molar-refractivity contribution in [2.75, 3.05) is 5.32 Å². The van der Waals surface area contributed by atoms with Gasteiger partial charge in [0, 0.05) is 36.8 Å². The summed E-state index contributed by atoms with van der Waals surface area (Å²) in [4.78, 5) is 0. The minimum Gasteiger partial charge on any atom is -0.399 e. The van der Waals surface area contributed by atoms with E-state index in [1.807, 2.05) is 133 Å². The van der Waals surface area contributed by atoms with Gasteiger partial charge in [-0.1, -0.05) is 281 Å². The predicted octanol–water partition coefficient (Wildman–Crippen LogP) is 22.4. The number of halogens is 3. The number of anilines is 2. The molecule has 0 spiro atoms. The second-order valence-electron chi connectivity index (χ2n) is 21.5. The number of para-hydroxylation sites is 2. The van der Waals surface area contributed by atoms with Gasteiger partial charge in [0.15, 0.2) is 0 Å². The Morgan fingerprint density at radius 2 is 0.628 bits per heavy atom. The van der Waals surface area contributed by atoms with Crippen LogP contribution >= 0.6 is 55.8 Å². The van der Waals surface area contributed by atoms with Gasteiger partial charge in [-0.15, -0.1) is 24.0 Å². The Balaban J connectivity index is 0.000000154. The lowest BCUT2D eigenvalue weighted by Gasteiger charge is -2.32. The second kappa shape index (κ2) is 30.3. The Labute approximate surface area is 542 Å². The average Bonchev–Trinajstić information content (AvgIpc) is 1.73. The average molecular weight is 1360 g/mol. The minimum atomic E-state index is -0.309. The standard InChI is InChI=1S/C36H24BrN.C18H22BNO2.C12H9Br.2C6H6.HI/c37-31-19-14-27(15-20-31)26-10-12-29(13-11-26)30-18-23-36-34(24-30)33-8-4-5-9-35(33)38(36)32-21-16-28(17-22-32)25-6-2-1-3-7-25;1-17(2)18(3,4)22-19(21-17)14-10-12-16(13-11-14)20-15-8-6-5-7-9-15;13-12-8-6-11(7-9-12)10-4-2-1-3-5-10;2*1-2-4-6-5-3-1;/h1-24H;5-13,20H,1-4H3;1-9H;2*1-6H;1H. The summed E-state index contributed by atoms with van der Waals surface area (Å²) in [6.07, 6.45) is 0. The summed E-state index contributed by atoms with van der Waals surface area (Å²) < 4.78 is 16.7. The third-order valence-corrected chi connectivity index (χ3v) is 16.1. The molecule has 1 aromatic heterocycles. The van der Waals surface area contributed by atoms with Crippen molar-refractivity contribution in [3.8, 4) is 50.2 Å². The molecule has 1 aliphatic heterocycles. The maximum Gasteiger partial charge on any atom is 0.494 e. The lowest BCUT2D eigenvalue weighted by Crippen LogP contribution is -2.41. The lowest BCUT2D eigenvalue weighted by molar-refractivity contribution is 0.00578. The first-order chi connectivity index (χ1) is 41.5. The van der Waals surface area contributed by atoms with E-state index in [1.165, 1.54) is 72.0 Å². The Kier molecular flexibility index (Phi) is 22.0. The van der Waals surface area contributed by atoms with E-state index in [-0.39, 0.29) is 42.3 Å². The summed E-state index contributed by atoms with van der Waals surface area (Å²) in [5, 5.41) is 5.91. The third kappa shape index (κ3) is 16.5. The van der Waals surface area contributed by atoms with Crippen LogP contribution in [0.25, 0.3) is 72.0 Å². The zero-order chi connectivity index (χ0) is 58.9. The van der Waals surface area contributed by atoms with Crippen LogP contribution in [0.4, 0.5) is 11.4 Å². The monoisotopic (exact) mass is 1360 g/mol. The highest BCUT2D eigenvalue weighted by Gasteiger charge is 2.51. The topological polar surface area (TPSA) is 35.4 Å². The molecule has 1 aliphatic rings. The molecule has 12 aromatic carbocycles. The molecule has 1 saturated heterocycles.